The zero-order valence-corrected chi connectivity index (χ0v) is 47.4. The lowest BCUT2D eigenvalue weighted by Gasteiger charge is -2.29. The highest BCUT2D eigenvalue weighted by Crippen LogP contribution is 2.51. The molecule has 3 N–H and O–H groups in total. The number of hydrazone groups is 2. The number of unbranched alkanes of at least 4 members (excludes halogenated alkanes) is 1. The first kappa shape index (κ1) is 55.4. The molecule has 16 nitrogen and oxygen atoms in total. The van der Waals surface area contributed by atoms with Gasteiger partial charge in [0.15, 0.2) is 0 Å². The largest absolute Gasteiger partial charge is 0.497 e. The van der Waals surface area contributed by atoms with Crippen molar-refractivity contribution in [3.8, 4) is 11.5 Å². The van der Waals surface area contributed by atoms with Gasteiger partial charge in [-0.15, -0.1) is 0 Å². The van der Waals surface area contributed by atoms with Gasteiger partial charge in [-0.2, -0.15) is 20.2 Å². The third-order valence-corrected chi connectivity index (χ3v) is 17.2. The maximum absolute atomic E-state index is 14.1. The van der Waals surface area contributed by atoms with Crippen molar-refractivity contribution in [2.75, 3.05) is 58.4 Å². The molecular weight excluding hydrogens is 1070 g/mol. The van der Waals surface area contributed by atoms with Crippen LogP contribution in [0.5, 0.6) is 11.5 Å². The summed E-state index contributed by atoms with van der Waals surface area (Å²) in [6.07, 6.45) is 9.19. The SMILES string of the molecule is COc1ccc2c(c1)C(C)(C)/C(=C\C=C1/C(=O)N(c3ccc(S(=O)(=O)Nc4ccccc4)cc3)N=C1C)N2CCCCN1/C(=C/C=C2\C(=O)N(c3cc(Cl)c(SNCC(=O)O)cc3Cl)N=C2C)C(C)(C)c2cc(OC)ccc21. The van der Waals surface area contributed by atoms with Crippen LogP contribution in [0.1, 0.15) is 65.5 Å². The Bertz CT molecular complexity index is 3560. The summed E-state index contributed by atoms with van der Waals surface area (Å²) < 4.78 is 43.0. The molecule has 4 aliphatic heterocycles. The third-order valence-electron chi connectivity index (χ3n) is 14.2. The average Bonchev–Trinajstić information content (AvgIpc) is 4.20. The van der Waals surface area contributed by atoms with Crippen molar-refractivity contribution in [2.45, 2.75) is 75.0 Å². The highest BCUT2D eigenvalue weighted by Gasteiger charge is 2.42. The Kier molecular flexibility index (Phi) is 15.8. The number of ether oxygens (including phenoxy) is 2. The molecule has 0 saturated carbocycles. The maximum Gasteiger partial charge on any atom is 0.318 e. The highest BCUT2D eigenvalue weighted by atomic mass is 35.5. The Labute approximate surface area is 468 Å². The van der Waals surface area contributed by atoms with Gasteiger partial charge in [-0.25, -0.2) is 13.1 Å². The van der Waals surface area contributed by atoms with Gasteiger partial charge in [0.1, 0.15) is 18.0 Å². The fourth-order valence-corrected chi connectivity index (χ4v) is 12.4. The van der Waals surface area contributed by atoms with Crippen molar-refractivity contribution in [2.24, 2.45) is 10.2 Å². The summed E-state index contributed by atoms with van der Waals surface area (Å²) in [7, 11) is -0.573. The van der Waals surface area contributed by atoms with Gasteiger partial charge in [-0.3, -0.25) is 19.1 Å². The molecule has 5 aromatic carbocycles. The number of carbonyl (C=O) groups excluding carboxylic acids is 2. The van der Waals surface area contributed by atoms with Crippen molar-refractivity contribution < 1.29 is 37.4 Å². The van der Waals surface area contributed by atoms with E-state index in [2.05, 4.69) is 81.4 Å². The lowest BCUT2D eigenvalue weighted by atomic mass is 9.83. The van der Waals surface area contributed by atoms with Gasteiger partial charge in [0.05, 0.1) is 63.1 Å². The molecule has 0 bridgehead atoms. The summed E-state index contributed by atoms with van der Waals surface area (Å²) in [5.74, 6) is -0.272. The second-order valence-corrected chi connectivity index (χ2v) is 23.3. The molecule has 0 saturated heterocycles. The quantitative estimate of drug-likeness (QED) is 0.0429. The Balaban J connectivity index is 0.949. The molecule has 404 valence electrons. The molecule has 0 aromatic heterocycles. The van der Waals surface area contributed by atoms with E-state index in [-0.39, 0.29) is 33.3 Å². The van der Waals surface area contributed by atoms with E-state index in [1.807, 2.05) is 36.4 Å². The number of carboxylic acids is 1. The van der Waals surface area contributed by atoms with Gasteiger partial charge >= 0.3 is 5.97 Å². The topological polar surface area (TPSA) is 186 Å². The van der Waals surface area contributed by atoms with Gasteiger partial charge < -0.3 is 24.4 Å². The number of para-hydroxylation sites is 1. The van der Waals surface area contributed by atoms with E-state index in [1.165, 1.54) is 28.2 Å². The Hall–Kier alpha value is -7.35. The first-order valence-electron chi connectivity index (χ1n) is 25.0. The van der Waals surface area contributed by atoms with Gasteiger partial charge in [0.25, 0.3) is 21.8 Å². The number of methoxy groups -OCH3 is 2. The minimum absolute atomic E-state index is 0.0481. The minimum atomic E-state index is -3.87. The van der Waals surface area contributed by atoms with Crippen molar-refractivity contribution in [3.05, 3.63) is 171 Å². The second kappa shape index (κ2) is 22.2. The van der Waals surface area contributed by atoms with E-state index in [0.29, 0.717) is 57.6 Å². The number of aliphatic carboxylic acids is 1. The Morgan fingerprint density at radius 1 is 0.679 bits per heavy atom. The predicted molar refractivity (Wildman–Crippen MR) is 311 cm³/mol. The highest BCUT2D eigenvalue weighted by molar-refractivity contribution is 7.97. The van der Waals surface area contributed by atoms with Crippen LogP contribution in [0.4, 0.5) is 28.4 Å². The van der Waals surface area contributed by atoms with E-state index in [9.17, 15) is 22.8 Å². The molecule has 0 aliphatic carbocycles. The standard InChI is InChI=1S/C58H58Cl2N8O8S2/c1-35-42(55(71)67(62-35)38-16-20-41(21-17-38)78(73,74)64-37-14-10-9-11-15-37)22-26-52-57(3,4)44-30-39(75-7)18-24-48(44)65(52)28-12-13-29-66-49-25-19-40(76-8)31-45(49)58(5,6)53(66)27-23-43-36(2)63-68(56(43)72)50-32-47(60)51(33-46(50)59)77-61-34-54(69)70/h9-11,14-27,30-33,61,64H,12-13,28-29,34H2,1-8H3,(H,69,70)/b42-22-,43-23-,52-26+,53-27+. The molecule has 9 rings (SSSR count). The first-order valence-corrected chi connectivity index (χ1v) is 28.1. The van der Waals surface area contributed by atoms with Gasteiger partial charge in [0.2, 0.25) is 0 Å². The Morgan fingerprint density at radius 2 is 1.19 bits per heavy atom. The number of allylic oxidation sites excluding steroid dienone is 6. The van der Waals surface area contributed by atoms with Gasteiger partial charge in [-0.1, -0.05) is 69.1 Å². The number of fused-ring (bicyclic) bond motifs is 2. The van der Waals surface area contributed by atoms with Crippen LogP contribution >= 0.6 is 35.1 Å². The van der Waals surface area contributed by atoms with Crippen molar-refractivity contribution in [3.63, 3.8) is 0 Å². The fourth-order valence-electron chi connectivity index (χ4n) is 10.1. The van der Waals surface area contributed by atoms with Crippen molar-refractivity contribution >= 4 is 103 Å². The molecule has 78 heavy (non-hydrogen) atoms. The number of hydrogen-bond donors (Lipinski definition) is 3. The molecule has 0 unspecified atom stereocenters. The average molecular weight is 1130 g/mol. The summed E-state index contributed by atoms with van der Waals surface area (Å²) in [4.78, 5) is 44.4. The first-order chi connectivity index (χ1) is 37.1. The zero-order chi connectivity index (χ0) is 55.8. The molecule has 0 spiro atoms. The number of benzene rings is 5. The monoisotopic (exact) mass is 1130 g/mol. The lowest BCUT2D eigenvalue weighted by Crippen LogP contribution is -2.29. The number of anilines is 5. The summed E-state index contributed by atoms with van der Waals surface area (Å²) in [5.41, 5.74) is 8.19. The summed E-state index contributed by atoms with van der Waals surface area (Å²) in [5, 5.41) is 21.2. The summed E-state index contributed by atoms with van der Waals surface area (Å²) in [6, 6.07) is 30.0. The molecule has 20 heteroatoms. The number of amides is 2. The van der Waals surface area contributed by atoms with E-state index in [4.69, 9.17) is 37.8 Å². The number of carbonyl (C=O) groups is 3. The lowest BCUT2D eigenvalue weighted by molar-refractivity contribution is -0.135. The normalized spacial score (nSPS) is 18.6. The van der Waals surface area contributed by atoms with Crippen LogP contribution in [0, 0.1) is 0 Å². The third kappa shape index (κ3) is 10.8. The van der Waals surface area contributed by atoms with E-state index in [0.717, 1.165) is 70.2 Å². The van der Waals surface area contributed by atoms with Crippen LogP contribution in [-0.2, 0) is 35.2 Å². The van der Waals surface area contributed by atoms with Crippen LogP contribution in [0.15, 0.2) is 170 Å². The molecule has 2 amide bonds. The van der Waals surface area contributed by atoms with Crippen LogP contribution in [0.25, 0.3) is 0 Å². The number of halogens is 2. The van der Waals surface area contributed by atoms with E-state index in [1.54, 1.807) is 76.6 Å². The molecule has 4 aliphatic rings. The van der Waals surface area contributed by atoms with E-state index >= 15 is 0 Å². The van der Waals surface area contributed by atoms with Crippen molar-refractivity contribution in [1.82, 2.24) is 4.72 Å². The number of hydrogen-bond acceptors (Lipinski definition) is 13. The van der Waals surface area contributed by atoms with Crippen molar-refractivity contribution in [1.29, 1.82) is 0 Å². The molecule has 5 aromatic rings. The van der Waals surface area contributed by atoms with Gasteiger partial charge in [-0.05, 0) is 159 Å². The summed E-state index contributed by atoms with van der Waals surface area (Å²) >= 11 is 14.3. The maximum atomic E-state index is 14.1. The molecular formula is C58H58Cl2N8O8S2. The van der Waals surface area contributed by atoms with E-state index < -0.39 is 26.8 Å². The van der Waals surface area contributed by atoms with Crippen LogP contribution in [-0.4, -0.2) is 76.6 Å². The fraction of sp³-hybridized carbons (Fsp3) is 0.259. The second-order valence-electron chi connectivity index (χ2n) is 19.9. The van der Waals surface area contributed by atoms with Gasteiger partial charge in [0, 0.05) is 57.3 Å². The number of nitrogens with zero attached hydrogens (tertiary/aromatic N) is 6. The minimum Gasteiger partial charge on any atom is -0.497 e. The number of carboxylic acid groups (broad SMARTS) is 1. The molecule has 0 atom stereocenters. The molecule has 0 fully saturated rings. The van der Waals surface area contributed by atoms with Crippen LogP contribution < -0.4 is 38.7 Å². The summed E-state index contributed by atoms with van der Waals surface area (Å²) in [6.45, 7) is 13.2. The number of sulfonamides is 1. The molecule has 0 radical (unpaired) electrons. The Morgan fingerprint density at radius 3 is 1.71 bits per heavy atom. The van der Waals surface area contributed by atoms with Crippen LogP contribution in [0.2, 0.25) is 10.0 Å². The number of nitrogens with one attached hydrogen (secondary N) is 2. The molecule has 4 heterocycles. The predicted octanol–water partition coefficient (Wildman–Crippen LogP) is 11.6. The smallest absolute Gasteiger partial charge is 0.318 e. The van der Waals surface area contributed by atoms with Crippen LogP contribution in [0.3, 0.4) is 0 Å². The zero-order valence-electron chi connectivity index (χ0n) is 44.2. The number of rotatable bonds is 18.